The maximum absolute atomic E-state index is 13.4. The third-order valence-corrected chi connectivity index (χ3v) is 6.45. The molecule has 26 heavy (non-hydrogen) atoms. The number of rotatable bonds is 2. The first-order valence-electron chi connectivity index (χ1n) is 8.87. The molecule has 3 fully saturated rings. The molecule has 7 heteroatoms. The van der Waals surface area contributed by atoms with Gasteiger partial charge in [-0.2, -0.15) is 5.06 Å². The molecule has 1 spiro atoms. The normalized spacial score (nSPS) is 40.0. The molecule has 1 aromatic carbocycles. The highest BCUT2D eigenvalue weighted by Crippen LogP contribution is 2.56. The van der Waals surface area contributed by atoms with Gasteiger partial charge in [-0.15, -0.1) is 0 Å². The predicted octanol–water partition coefficient (Wildman–Crippen LogP) is 0.640. The molecule has 2 saturated heterocycles. The Kier molecular flexibility index (Phi) is 3.23. The van der Waals surface area contributed by atoms with Gasteiger partial charge in [0.05, 0.1) is 37.3 Å². The van der Waals surface area contributed by atoms with Gasteiger partial charge in [0.25, 0.3) is 5.91 Å². The van der Waals surface area contributed by atoms with Crippen molar-refractivity contribution in [2.45, 2.75) is 37.0 Å². The van der Waals surface area contributed by atoms with E-state index >= 15 is 0 Å². The molecule has 1 amide bonds. The van der Waals surface area contributed by atoms with Crippen molar-refractivity contribution in [3.05, 3.63) is 29.8 Å². The van der Waals surface area contributed by atoms with Gasteiger partial charge < -0.3 is 9.84 Å². The Bertz CT molecular complexity index is 852. The molecule has 0 aromatic heterocycles. The van der Waals surface area contributed by atoms with E-state index < -0.39 is 17.6 Å². The Morgan fingerprint density at radius 3 is 2.92 bits per heavy atom. The number of aliphatic hydroxyl groups excluding tert-OH is 1. The van der Waals surface area contributed by atoms with Gasteiger partial charge in [-0.25, -0.2) is 0 Å². The number of Topliss-reactive ketones (excluding diaryl/α,β-unsaturated/α-hetero) is 1. The van der Waals surface area contributed by atoms with Crippen LogP contribution >= 0.6 is 0 Å². The molecule has 1 aromatic rings. The highest BCUT2D eigenvalue weighted by molar-refractivity contribution is 6.40. The molecule has 136 valence electrons. The van der Waals surface area contributed by atoms with Gasteiger partial charge in [0.1, 0.15) is 11.5 Å². The van der Waals surface area contributed by atoms with E-state index in [4.69, 9.17) is 9.57 Å². The zero-order chi connectivity index (χ0) is 18.2. The van der Waals surface area contributed by atoms with Crippen LogP contribution < -0.4 is 5.06 Å². The molecule has 6 atom stereocenters. The van der Waals surface area contributed by atoms with Gasteiger partial charge in [-0.3, -0.25) is 19.4 Å². The Balaban J connectivity index is 1.72. The summed E-state index contributed by atoms with van der Waals surface area (Å²) in [5.41, 5.74) is 0.862. The number of fused-ring (bicyclic) bond motifs is 2. The average Bonchev–Trinajstić information content (AvgIpc) is 3.01. The number of para-hydroxylation sites is 1. The number of carbonyl (C=O) groups excluding carboxylic acids is 2. The number of ketones is 1. The molecule has 1 N–H and O–H groups in total. The molecule has 7 nitrogen and oxygen atoms in total. The number of hydrogen-bond donors (Lipinski definition) is 1. The molecule has 4 aliphatic heterocycles. The molecule has 1 aliphatic carbocycles. The van der Waals surface area contributed by atoms with Crippen LogP contribution in [0.5, 0.6) is 0 Å². The van der Waals surface area contributed by atoms with Crippen molar-refractivity contribution in [1.82, 2.24) is 0 Å². The van der Waals surface area contributed by atoms with Crippen LogP contribution in [-0.2, 0) is 24.6 Å². The number of anilines is 1. The first-order chi connectivity index (χ1) is 12.5. The minimum atomic E-state index is -1.05. The van der Waals surface area contributed by atoms with Crippen molar-refractivity contribution in [2.75, 3.05) is 18.8 Å². The number of ether oxygens (including phenoxy) is 1. The number of amides is 1. The van der Waals surface area contributed by atoms with Crippen molar-refractivity contribution in [1.29, 1.82) is 0 Å². The SMILES string of the molecule is CON1C(=O)C2(CC3N=C(C(C)=O)C4C(O)C2OCC34)c2ccccc21. The first-order valence-corrected chi connectivity index (χ1v) is 8.87. The van der Waals surface area contributed by atoms with Gasteiger partial charge >= 0.3 is 0 Å². The number of hydroxylamine groups is 1. The third-order valence-electron chi connectivity index (χ3n) is 6.45. The van der Waals surface area contributed by atoms with Gasteiger partial charge in [-0.1, -0.05) is 18.2 Å². The van der Waals surface area contributed by atoms with Crippen LogP contribution in [0.2, 0.25) is 0 Å². The molecule has 4 heterocycles. The first kappa shape index (κ1) is 16.1. The van der Waals surface area contributed by atoms with Crippen molar-refractivity contribution in [3.63, 3.8) is 0 Å². The van der Waals surface area contributed by atoms with E-state index in [9.17, 15) is 14.7 Å². The lowest BCUT2D eigenvalue weighted by Gasteiger charge is -2.41. The summed E-state index contributed by atoms with van der Waals surface area (Å²) < 4.78 is 6.04. The number of carbonyl (C=O) groups is 2. The fourth-order valence-corrected chi connectivity index (χ4v) is 5.42. The van der Waals surface area contributed by atoms with E-state index in [0.29, 0.717) is 24.4 Å². The van der Waals surface area contributed by atoms with Crippen LogP contribution in [0.4, 0.5) is 5.69 Å². The van der Waals surface area contributed by atoms with E-state index in [2.05, 4.69) is 4.99 Å². The van der Waals surface area contributed by atoms with Gasteiger partial charge in [-0.05, 0) is 18.1 Å². The van der Waals surface area contributed by atoms with Gasteiger partial charge in [0, 0.05) is 18.8 Å². The summed E-state index contributed by atoms with van der Waals surface area (Å²) in [7, 11) is 1.46. The molecule has 4 bridgehead atoms. The lowest BCUT2D eigenvalue weighted by Crippen LogP contribution is -2.58. The molecule has 5 aliphatic rings. The maximum atomic E-state index is 13.4. The van der Waals surface area contributed by atoms with E-state index in [1.807, 2.05) is 24.3 Å². The highest BCUT2D eigenvalue weighted by Gasteiger charge is 2.67. The summed E-state index contributed by atoms with van der Waals surface area (Å²) in [5.74, 6) is -0.795. The van der Waals surface area contributed by atoms with Crippen LogP contribution in [0.3, 0.4) is 0 Å². The highest BCUT2D eigenvalue weighted by atomic mass is 16.7. The van der Waals surface area contributed by atoms with Crippen molar-refractivity contribution < 1.29 is 24.3 Å². The van der Waals surface area contributed by atoms with Crippen LogP contribution in [0.25, 0.3) is 0 Å². The molecule has 1 saturated carbocycles. The molecule has 6 rings (SSSR count). The molecule has 0 radical (unpaired) electrons. The summed E-state index contributed by atoms with van der Waals surface area (Å²) in [4.78, 5) is 35.4. The third kappa shape index (κ3) is 1.71. The monoisotopic (exact) mass is 356 g/mol. The molecule has 6 unspecified atom stereocenters. The second-order valence-electron chi connectivity index (χ2n) is 7.55. The largest absolute Gasteiger partial charge is 0.390 e. The molecular weight excluding hydrogens is 336 g/mol. The zero-order valence-corrected chi connectivity index (χ0v) is 14.6. The Morgan fingerprint density at radius 2 is 2.19 bits per heavy atom. The maximum Gasteiger partial charge on any atom is 0.264 e. The van der Waals surface area contributed by atoms with Crippen molar-refractivity contribution in [2.24, 2.45) is 16.8 Å². The van der Waals surface area contributed by atoms with Crippen molar-refractivity contribution in [3.8, 4) is 0 Å². The fourth-order valence-electron chi connectivity index (χ4n) is 5.42. The number of benzene rings is 1. The van der Waals surface area contributed by atoms with E-state index in [-0.39, 0.29) is 29.6 Å². The average molecular weight is 356 g/mol. The summed E-state index contributed by atoms with van der Waals surface area (Å²) in [5, 5.41) is 12.4. The minimum Gasteiger partial charge on any atom is -0.390 e. The Labute approximate surface area is 150 Å². The Morgan fingerprint density at radius 1 is 1.42 bits per heavy atom. The standard InChI is InChI=1S/C19H20N2O5/c1-9(22)15-14-10-8-26-17(16(14)23)19(7-12(10)20-15)11-5-3-4-6-13(11)21(25-2)18(19)24/h3-6,10,12,14,16-17,23H,7-8H2,1-2H3. The van der Waals surface area contributed by atoms with Crippen LogP contribution in [0.15, 0.2) is 29.3 Å². The van der Waals surface area contributed by atoms with Crippen LogP contribution in [0.1, 0.15) is 18.9 Å². The van der Waals surface area contributed by atoms with Crippen LogP contribution in [0, 0.1) is 11.8 Å². The Hall–Kier alpha value is -2.09. The minimum absolute atomic E-state index is 0.0731. The van der Waals surface area contributed by atoms with E-state index in [1.54, 1.807) is 0 Å². The smallest absolute Gasteiger partial charge is 0.264 e. The van der Waals surface area contributed by atoms with Gasteiger partial charge in [0.2, 0.25) is 0 Å². The lowest BCUT2D eigenvalue weighted by molar-refractivity contribution is -0.152. The molecular formula is C19H20N2O5. The topological polar surface area (TPSA) is 88.4 Å². The number of aliphatic imine (C=N–C) groups is 1. The van der Waals surface area contributed by atoms with Crippen LogP contribution in [-0.4, -0.2) is 54.5 Å². The number of hydrogen-bond acceptors (Lipinski definition) is 6. The second kappa shape index (κ2) is 5.22. The van der Waals surface area contributed by atoms with Crippen molar-refractivity contribution >= 4 is 23.1 Å². The summed E-state index contributed by atoms with van der Waals surface area (Å²) in [6.07, 6.45) is -1.28. The quantitative estimate of drug-likeness (QED) is 0.840. The predicted molar refractivity (Wildman–Crippen MR) is 91.9 cm³/mol. The summed E-state index contributed by atoms with van der Waals surface area (Å²) in [6.45, 7) is 1.87. The lowest BCUT2D eigenvalue weighted by atomic mass is 9.70. The summed E-state index contributed by atoms with van der Waals surface area (Å²) in [6, 6.07) is 7.22. The van der Waals surface area contributed by atoms with E-state index in [0.717, 1.165) is 5.56 Å². The summed E-state index contributed by atoms with van der Waals surface area (Å²) >= 11 is 0. The number of aliphatic hydroxyl groups is 1. The van der Waals surface area contributed by atoms with Gasteiger partial charge in [0.15, 0.2) is 5.78 Å². The fraction of sp³-hybridized carbons (Fsp3) is 0.526. The number of nitrogens with zero attached hydrogens (tertiary/aromatic N) is 2. The van der Waals surface area contributed by atoms with E-state index in [1.165, 1.54) is 19.1 Å². The second-order valence-corrected chi connectivity index (χ2v) is 7.55. The zero-order valence-electron chi connectivity index (χ0n) is 14.6.